The predicted octanol–water partition coefficient (Wildman–Crippen LogP) is 2.97. The van der Waals surface area contributed by atoms with E-state index in [2.05, 4.69) is 15.3 Å². The average Bonchev–Trinajstić information content (AvgIpc) is 3.13. The highest BCUT2D eigenvalue weighted by Crippen LogP contribution is 2.20. The molecule has 1 aromatic carbocycles. The number of aromatic nitrogens is 2. The van der Waals surface area contributed by atoms with Crippen molar-refractivity contribution in [1.82, 2.24) is 15.3 Å². The van der Waals surface area contributed by atoms with Crippen LogP contribution in [0.15, 0.2) is 42.0 Å². The number of carbonyl (C=O) groups excluding carboxylic acids is 1. The summed E-state index contributed by atoms with van der Waals surface area (Å²) in [5, 5.41) is 3.09. The van der Waals surface area contributed by atoms with Gasteiger partial charge in [-0.15, -0.1) is 11.3 Å². The lowest BCUT2D eigenvalue weighted by atomic mass is 10.0. The number of nitrogens with one attached hydrogen (secondary N) is 1. The monoisotopic (exact) mass is 369 g/mol. The first-order chi connectivity index (χ1) is 12.7. The SMILES string of the molecule is Cc1ccc(O[C@@H]2COCC[C@@H]2NC(=O)c2ccc3scnc3c2)cn1. The van der Waals surface area contributed by atoms with Crippen LogP contribution in [0.5, 0.6) is 5.75 Å². The summed E-state index contributed by atoms with van der Waals surface area (Å²) in [6.45, 7) is 2.96. The number of hydrogen-bond donors (Lipinski definition) is 1. The van der Waals surface area contributed by atoms with Crippen LogP contribution in [-0.4, -0.2) is 41.2 Å². The van der Waals surface area contributed by atoms with E-state index in [1.54, 1.807) is 23.0 Å². The minimum Gasteiger partial charge on any atom is -0.484 e. The van der Waals surface area contributed by atoms with Crippen molar-refractivity contribution in [3.05, 3.63) is 53.3 Å². The minimum atomic E-state index is -0.250. The number of hydrogen-bond acceptors (Lipinski definition) is 6. The number of carbonyl (C=O) groups is 1. The maximum Gasteiger partial charge on any atom is 0.251 e. The smallest absolute Gasteiger partial charge is 0.251 e. The van der Waals surface area contributed by atoms with Gasteiger partial charge in [0.2, 0.25) is 0 Å². The molecule has 1 amide bonds. The molecule has 6 nitrogen and oxygen atoms in total. The van der Waals surface area contributed by atoms with E-state index in [4.69, 9.17) is 9.47 Å². The molecular weight excluding hydrogens is 350 g/mol. The van der Waals surface area contributed by atoms with Gasteiger partial charge in [-0.1, -0.05) is 0 Å². The molecule has 26 heavy (non-hydrogen) atoms. The van der Waals surface area contributed by atoms with Crippen LogP contribution in [0.3, 0.4) is 0 Å². The number of aryl methyl sites for hydroxylation is 1. The van der Waals surface area contributed by atoms with Crippen molar-refractivity contribution in [1.29, 1.82) is 0 Å². The van der Waals surface area contributed by atoms with Crippen molar-refractivity contribution in [2.45, 2.75) is 25.5 Å². The number of ether oxygens (including phenoxy) is 2. The van der Waals surface area contributed by atoms with Crippen LogP contribution in [-0.2, 0) is 4.74 Å². The molecule has 0 radical (unpaired) electrons. The van der Waals surface area contributed by atoms with E-state index in [1.165, 1.54) is 0 Å². The molecular formula is C19H19N3O3S. The van der Waals surface area contributed by atoms with Gasteiger partial charge in [-0.05, 0) is 43.7 Å². The zero-order valence-corrected chi connectivity index (χ0v) is 15.2. The van der Waals surface area contributed by atoms with Gasteiger partial charge < -0.3 is 14.8 Å². The largest absolute Gasteiger partial charge is 0.484 e. The predicted molar refractivity (Wildman–Crippen MR) is 99.7 cm³/mol. The molecule has 0 spiro atoms. The van der Waals surface area contributed by atoms with Crippen LogP contribution in [0.4, 0.5) is 0 Å². The fourth-order valence-electron chi connectivity index (χ4n) is 2.94. The lowest BCUT2D eigenvalue weighted by Crippen LogP contribution is -2.51. The summed E-state index contributed by atoms with van der Waals surface area (Å²) in [5.74, 6) is 0.552. The summed E-state index contributed by atoms with van der Waals surface area (Å²) in [6, 6.07) is 9.23. The Labute approximate surface area is 155 Å². The molecule has 2 aromatic heterocycles. The Bertz CT molecular complexity index is 910. The molecule has 1 aliphatic rings. The number of amides is 1. The maximum absolute atomic E-state index is 12.7. The summed E-state index contributed by atoms with van der Waals surface area (Å²) in [5.41, 5.74) is 4.16. The lowest BCUT2D eigenvalue weighted by molar-refractivity contribution is -0.0136. The molecule has 0 bridgehead atoms. The Morgan fingerprint density at radius 2 is 2.23 bits per heavy atom. The molecule has 134 valence electrons. The molecule has 1 N–H and O–H groups in total. The molecule has 0 aliphatic carbocycles. The van der Waals surface area contributed by atoms with Crippen LogP contribution in [0, 0.1) is 6.92 Å². The van der Waals surface area contributed by atoms with Crippen molar-refractivity contribution in [2.24, 2.45) is 0 Å². The average molecular weight is 369 g/mol. The van der Waals surface area contributed by atoms with Gasteiger partial charge >= 0.3 is 0 Å². The van der Waals surface area contributed by atoms with E-state index < -0.39 is 0 Å². The number of benzene rings is 1. The van der Waals surface area contributed by atoms with Crippen LogP contribution >= 0.6 is 11.3 Å². The second kappa shape index (κ2) is 7.39. The summed E-state index contributed by atoms with van der Waals surface area (Å²) in [6.07, 6.45) is 2.15. The van der Waals surface area contributed by atoms with Crippen molar-refractivity contribution in [3.8, 4) is 5.75 Å². The molecule has 0 saturated carbocycles. The first-order valence-corrected chi connectivity index (χ1v) is 9.38. The number of nitrogens with zero attached hydrogens (tertiary/aromatic N) is 2. The Morgan fingerprint density at radius 1 is 1.31 bits per heavy atom. The van der Waals surface area contributed by atoms with Gasteiger partial charge in [0, 0.05) is 17.9 Å². The quantitative estimate of drug-likeness (QED) is 0.765. The normalized spacial score (nSPS) is 20.0. The Hall–Kier alpha value is -2.51. The zero-order chi connectivity index (χ0) is 17.9. The lowest BCUT2D eigenvalue weighted by Gasteiger charge is -2.32. The third-order valence-electron chi connectivity index (χ3n) is 4.38. The second-order valence-electron chi connectivity index (χ2n) is 6.27. The Balaban J connectivity index is 1.47. The third-order valence-corrected chi connectivity index (χ3v) is 5.19. The van der Waals surface area contributed by atoms with Crippen molar-refractivity contribution in [3.63, 3.8) is 0 Å². The summed E-state index contributed by atoms with van der Waals surface area (Å²) >= 11 is 1.56. The molecule has 7 heteroatoms. The van der Waals surface area contributed by atoms with Gasteiger partial charge in [0.05, 0.1) is 34.6 Å². The summed E-state index contributed by atoms with van der Waals surface area (Å²) in [7, 11) is 0. The highest BCUT2D eigenvalue weighted by molar-refractivity contribution is 7.16. The topological polar surface area (TPSA) is 73.3 Å². The number of rotatable bonds is 4. The first-order valence-electron chi connectivity index (χ1n) is 8.50. The van der Waals surface area contributed by atoms with Crippen LogP contribution < -0.4 is 10.1 Å². The number of thiazole rings is 1. The maximum atomic E-state index is 12.7. The molecule has 2 atom stereocenters. The van der Waals surface area contributed by atoms with Gasteiger partial charge in [0.25, 0.3) is 5.91 Å². The standard InChI is InChI=1S/C19H19N3O3S/c1-12-2-4-14(9-20-12)25-17-10-24-7-6-15(17)22-19(23)13-3-5-18-16(8-13)21-11-26-18/h2-5,8-9,11,15,17H,6-7,10H2,1H3,(H,22,23)/t15-,17+/m0/s1. The Morgan fingerprint density at radius 3 is 3.08 bits per heavy atom. The van der Waals surface area contributed by atoms with Gasteiger partial charge in [-0.25, -0.2) is 4.98 Å². The van der Waals surface area contributed by atoms with Crippen molar-refractivity contribution in [2.75, 3.05) is 13.2 Å². The van der Waals surface area contributed by atoms with E-state index in [-0.39, 0.29) is 18.1 Å². The summed E-state index contributed by atoms with van der Waals surface area (Å²) < 4.78 is 12.6. The molecule has 1 saturated heterocycles. The molecule has 4 rings (SSSR count). The first kappa shape index (κ1) is 16.9. The van der Waals surface area contributed by atoms with E-state index in [9.17, 15) is 4.79 Å². The molecule has 0 unspecified atom stereocenters. The van der Waals surface area contributed by atoms with Gasteiger partial charge in [-0.2, -0.15) is 0 Å². The fourth-order valence-corrected chi connectivity index (χ4v) is 3.60. The van der Waals surface area contributed by atoms with Gasteiger partial charge in [-0.3, -0.25) is 9.78 Å². The van der Waals surface area contributed by atoms with Crippen LogP contribution in [0.2, 0.25) is 0 Å². The van der Waals surface area contributed by atoms with Crippen molar-refractivity contribution < 1.29 is 14.3 Å². The highest BCUT2D eigenvalue weighted by Gasteiger charge is 2.29. The number of pyridine rings is 1. The minimum absolute atomic E-state index is 0.122. The van der Waals surface area contributed by atoms with E-state index in [0.29, 0.717) is 30.9 Å². The van der Waals surface area contributed by atoms with Gasteiger partial charge in [0.1, 0.15) is 11.9 Å². The van der Waals surface area contributed by atoms with Gasteiger partial charge in [0.15, 0.2) is 0 Å². The zero-order valence-electron chi connectivity index (χ0n) is 14.3. The third kappa shape index (κ3) is 3.68. The fraction of sp³-hybridized carbons (Fsp3) is 0.316. The van der Waals surface area contributed by atoms with Crippen LogP contribution in [0.25, 0.3) is 10.2 Å². The number of fused-ring (bicyclic) bond motifs is 1. The van der Waals surface area contributed by atoms with E-state index in [1.807, 2.05) is 37.3 Å². The summed E-state index contributed by atoms with van der Waals surface area (Å²) in [4.78, 5) is 21.2. The second-order valence-corrected chi connectivity index (χ2v) is 7.16. The van der Waals surface area contributed by atoms with E-state index >= 15 is 0 Å². The molecule has 1 aliphatic heterocycles. The van der Waals surface area contributed by atoms with Crippen molar-refractivity contribution >= 4 is 27.5 Å². The molecule has 1 fully saturated rings. The van der Waals surface area contributed by atoms with E-state index in [0.717, 1.165) is 15.9 Å². The molecule has 3 heterocycles. The highest BCUT2D eigenvalue weighted by atomic mass is 32.1. The Kier molecular flexibility index (Phi) is 4.81. The van der Waals surface area contributed by atoms with Crippen LogP contribution in [0.1, 0.15) is 22.5 Å². The molecule has 3 aromatic rings.